The molecule has 1 N–H and O–H groups in total. The van der Waals surface area contributed by atoms with Crippen LogP contribution in [0.2, 0.25) is 0 Å². The molecule has 4 nitrogen and oxygen atoms in total. The monoisotopic (exact) mass is 306 g/mol. The molecule has 0 aliphatic carbocycles. The first kappa shape index (κ1) is 11.5. The minimum Gasteiger partial charge on any atom is -0.476 e. The smallest absolute Gasteiger partial charge is 0.357 e. The van der Waals surface area contributed by atoms with E-state index >= 15 is 0 Å². The molecule has 92 valence electrons. The second-order valence-electron chi connectivity index (χ2n) is 4.31. The number of aryl methyl sites for hydroxylation is 1. The molecule has 0 unspecified atom stereocenters. The Kier molecular flexibility index (Phi) is 2.70. The largest absolute Gasteiger partial charge is 0.476 e. The van der Waals surface area contributed by atoms with E-state index in [1.165, 1.54) is 0 Å². The third kappa shape index (κ3) is 1.75. The molecule has 18 heavy (non-hydrogen) atoms. The van der Waals surface area contributed by atoms with Gasteiger partial charge in [0.25, 0.3) is 0 Å². The van der Waals surface area contributed by atoms with Crippen molar-refractivity contribution in [3.8, 4) is 11.1 Å². The number of hydrogen-bond acceptors (Lipinski definition) is 2. The summed E-state index contributed by atoms with van der Waals surface area (Å²) in [4.78, 5) is 11.3. The lowest BCUT2D eigenvalue weighted by atomic mass is 10.0. The van der Waals surface area contributed by atoms with E-state index in [9.17, 15) is 9.90 Å². The van der Waals surface area contributed by atoms with E-state index in [1.54, 1.807) is 0 Å². The van der Waals surface area contributed by atoms with E-state index < -0.39 is 5.97 Å². The van der Waals surface area contributed by atoms with Gasteiger partial charge in [-0.1, -0.05) is 28.1 Å². The summed E-state index contributed by atoms with van der Waals surface area (Å²) in [6.45, 7) is 0.812. The predicted molar refractivity (Wildman–Crippen MR) is 70.6 cm³/mol. The first-order chi connectivity index (χ1) is 8.66. The number of aromatic carboxylic acids is 1. The number of carboxylic acid groups (broad SMARTS) is 1. The molecule has 3 rings (SSSR count). The Balaban J connectivity index is 2.20. The molecule has 0 amide bonds. The van der Waals surface area contributed by atoms with Crippen molar-refractivity contribution in [2.24, 2.45) is 0 Å². The van der Waals surface area contributed by atoms with Gasteiger partial charge in [-0.15, -0.1) is 0 Å². The van der Waals surface area contributed by atoms with E-state index in [4.69, 9.17) is 0 Å². The van der Waals surface area contributed by atoms with Crippen molar-refractivity contribution >= 4 is 21.9 Å². The zero-order valence-corrected chi connectivity index (χ0v) is 11.1. The van der Waals surface area contributed by atoms with Crippen LogP contribution in [-0.4, -0.2) is 20.9 Å². The van der Waals surface area contributed by atoms with Gasteiger partial charge in [-0.2, -0.15) is 5.10 Å². The van der Waals surface area contributed by atoms with Crippen LogP contribution in [0.25, 0.3) is 11.1 Å². The Morgan fingerprint density at radius 2 is 2.06 bits per heavy atom. The summed E-state index contributed by atoms with van der Waals surface area (Å²) in [5.41, 5.74) is 2.88. The molecule has 2 heterocycles. The van der Waals surface area contributed by atoms with Crippen LogP contribution in [0.15, 0.2) is 28.7 Å². The molecule has 0 spiro atoms. The fourth-order valence-electron chi connectivity index (χ4n) is 2.40. The molecular formula is C13H11BrN2O2. The first-order valence-electron chi connectivity index (χ1n) is 5.76. The fraction of sp³-hybridized carbons (Fsp3) is 0.231. The number of fused-ring (bicyclic) bond motifs is 1. The van der Waals surface area contributed by atoms with Gasteiger partial charge >= 0.3 is 5.97 Å². The van der Waals surface area contributed by atoms with Gasteiger partial charge in [0.1, 0.15) is 0 Å². The third-order valence-electron chi connectivity index (χ3n) is 3.18. The molecule has 0 saturated heterocycles. The lowest BCUT2D eigenvalue weighted by Crippen LogP contribution is -2.02. The topological polar surface area (TPSA) is 55.1 Å². The van der Waals surface area contributed by atoms with Gasteiger partial charge in [-0.25, -0.2) is 4.79 Å². The zero-order chi connectivity index (χ0) is 12.7. The zero-order valence-electron chi connectivity index (χ0n) is 9.56. The van der Waals surface area contributed by atoms with Crippen molar-refractivity contribution in [3.63, 3.8) is 0 Å². The Labute approximate surface area is 112 Å². The number of rotatable bonds is 2. The highest BCUT2D eigenvalue weighted by atomic mass is 79.9. The summed E-state index contributed by atoms with van der Waals surface area (Å²) in [7, 11) is 0. The summed E-state index contributed by atoms with van der Waals surface area (Å²) >= 11 is 3.38. The van der Waals surface area contributed by atoms with Crippen molar-refractivity contribution < 1.29 is 9.90 Å². The Hall–Kier alpha value is -1.62. The Morgan fingerprint density at radius 3 is 2.72 bits per heavy atom. The summed E-state index contributed by atoms with van der Waals surface area (Å²) in [5.74, 6) is -0.963. The van der Waals surface area contributed by atoms with E-state index in [-0.39, 0.29) is 5.69 Å². The SMILES string of the molecule is O=C(O)c1nn2c(c1-c1ccc(Br)cc1)CCC2. The highest BCUT2D eigenvalue weighted by Gasteiger charge is 2.26. The van der Waals surface area contributed by atoms with Crippen molar-refractivity contribution in [3.05, 3.63) is 40.1 Å². The number of carboxylic acids is 1. The average Bonchev–Trinajstić information content (AvgIpc) is 2.90. The molecule has 0 fully saturated rings. The van der Waals surface area contributed by atoms with Crippen molar-refractivity contribution in [2.75, 3.05) is 0 Å². The van der Waals surface area contributed by atoms with Crippen LogP contribution in [0.3, 0.4) is 0 Å². The van der Waals surface area contributed by atoms with E-state index in [0.717, 1.165) is 40.7 Å². The van der Waals surface area contributed by atoms with Crippen molar-refractivity contribution in [1.29, 1.82) is 0 Å². The second-order valence-corrected chi connectivity index (χ2v) is 5.22. The molecule has 1 aromatic carbocycles. The number of hydrogen-bond donors (Lipinski definition) is 1. The minimum atomic E-state index is -0.963. The van der Waals surface area contributed by atoms with Crippen LogP contribution in [0.5, 0.6) is 0 Å². The normalized spacial score (nSPS) is 13.6. The minimum absolute atomic E-state index is 0.159. The van der Waals surface area contributed by atoms with Crippen LogP contribution in [0.1, 0.15) is 22.6 Å². The number of benzene rings is 1. The van der Waals surface area contributed by atoms with Gasteiger partial charge < -0.3 is 5.11 Å². The van der Waals surface area contributed by atoms with Gasteiger partial charge in [0.15, 0.2) is 5.69 Å². The lowest BCUT2D eigenvalue weighted by Gasteiger charge is -2.03. The van der Waals surface area contributed by atoms with Crippen molar-refractivity contribution in [1.82, 2.24) is 9.78 Å². The standard InChI is InChI=1S/C13H11BrN2O2/c14-9-5-3-8(4-6-9)11-10-2-1-7-16(10)15-12(11)13(17)18/h3-6H,1-2,7H2,(H,17,18). The quantitative estimate of drug-likeness (QED) is 0.928. The Bertz CT molecular complexity index is 617. The highest BCUT2D eigenvalue weighted by Crippen LogP contribution is 2.32. The molecule has 0 atom stereocenters. The van der Waals surface area contributed by atoms with Crippen LogP contribution < -0.4 is 0 Å². The maximum absolute atomic E-state index is 11.3. The first-order valence-corrected chi connectivity index (χ1v) is 6.55. The summed E-state index contributed by atoms with van der Waals surface area (Å²) < 4.78 is 2.80. The van der Waals surface area contributed by atoms with Gasteiger partial charge in [0.05, 0.1) is 0 Å². The van der Waals surface area contributed by atoms with Crippen molar-refractivity contribution in [2.45, 2.75) is 19.4 Å². The second kappa shape index (κ2) is 4.24. The molecule has 0 bridgehead atoms. The number of halogens is 1. The molecule has 5 heteroatoms. The predicted octanol–water partition coefficient (Wildman–Crippen LogP) is 2.96. The molecule has 2 aromatic rings. The number of carbonyl (C=O) groups is 1. The summed E-state index contributed by atoms with van der Waals surface area (Å²) in [6, 6.07) is 7.68. The van der Waals surface area contributed by atoms with Crippen LogP contribution in [0, 0.1) is 0 Å². The molecule has 0 saturated carbocycles. The van der Waals surface area contributed by atoms with E-state index in [2.05, 4.69) is 21.0 Å². The lowest BCUT2D eigenvalue weighted by molar-refractivity contribution is 0.0690. The van der Waals surface area contributed by atoms with Gasteiger partial charge in [0.2, 0.25) is 0 Å². The van der Waals surface area contributed by atoms with Gasteiger partial charge in [0, 0.05) is 22.3 Å². The van der Waals surface area contributed by atoms with E-state index in [1.807, 2.05) is 28.9 Å². The van der Waals surface area contributed by atoms with Gasteiger partial charge in [-0.05, 0) is 30.5 Å². The third-order valence-corrected chi connectivity index (χ3v) is 3.71. The molecule has 1 aliphatic heterocycles. The molecule has 1 aromatic heterocycles. The maximum Gasteiger partial charge on any atom is 0.357 e. The van der Waals surface area contributed by atoms with Crippen LogP contribution in [0.4, 0.5) is 0 Å². The number of nitrogens with zero attached hydrogens (tertiary/aromatic N) is 2. The fourth-order valence-corrected chi connectivity index (χ4v) is 2.67. The van der Waals surface area contributed by atoms with Crippen LogP contribution in [-0.2, 0) is 13.0 Å². The molecule has 0 radical (unpaired) electrons. The average molecular weight is 307 g/mol. The number of aromatic nitrogens is 2. The van der Waals surface area contributed by atoms with Gasteiger partial charge in [-0.3, -0.25) is 4.68 Å². The summed E-state index contributed by atoms with van der Waals surface area (Å²) in [5, 5.41) is 13.4. The highest BCUT2D eigenvalue weighted by molar-refractivity contribution is 9.10. The van der Waals surface area contributed by atoms with Crippen LogP contribution >= 0.6 is 15.9 Å². The molecular weight excluding hydrogens is 296 g/mol. The Morgan fingerprint density at radius 1 is 1.33 bits per heavy atom. The summed E-state index contributed by atoms with van der Waals surface area (Å²) in [6.07, 6.45) is 1.93. The molecule has 1 aliphatic rings. The maximum atomic E-state index is 11.3. The van der Waals surface area contributed by atoms with E-state index in [0.29, 0.717) is 0 Å².